The van der Waals surface area contributed by atoms with Gasteiger partial charge in [0.2, 0.25) is 0 Å². The van der Waals surface area contributed by atoms with Crippen molar-refractivity contribution in [2.24, 2.45) is 0 Å². The smallest absolute Gasteiger partial charge is 0.426 e. The number of hydrazine groups is 1. The molecule has 0 radical (unpaired) electrons. The number of para-hydroxylation sites is 1. The van der Waals surface area contributed by atoms with Crippen molar-refractivity contribution in [1.29, 1.82) is 0 Å². The van der Waals surface area contributed by atoms with Crippen LogP contribution >= 0.6 is 0 Å². The number of hydrogen-bond acceptors (Lipinski definition) is 4. The zero-order chi connectivity index (χ0) is 12.7. The Morgan fingerprint density at radius 2 is 1.94 bits per heavy atom. The third-order valence-corrected chi connectivity index (χ3v) is 1.91. The first-order valence-corrected chi connectivity index (χ1v) is 5.05. The Balaban J connectivity index is 2.61. The van der Waals surface area contributed by atoms with Crippen molar-refractivity contribution in [3.05, 3.63) is 29.8 Å². The van der Waals surface area contributed by atoms with Crippen molar-refractivity contribution in [3.63, 3.8) is 0 Å². The molecule has 1 rings (SSSR count). The molecule has 92 valence electrons. The average Bonchev–Trinajstić information content (AvgIpc) is 2.36. The van der Waals surface area contributed by atoms with Crippen LogP contribution in [-0.4, -0.2) is 25.7 Å². The van der Waals surface area contributed by atoms with E-state index in [2.05, 4.69) is 15.6 Å². The zero-order valence-electron chi connectivity index (χ0n) is 9.65. The fourth-order valence-corrected chi connectivity index (χ4v) is 1.17. The van der Waals surface area contributed by atoms with Gasteiger partial charge in [0.15, 0.2) is 0 Å². The van der Waals surface area contributed by atoms with E-state index in [1.807, 2.05) is 0 Å². The molecule has 2 N–H and O–H groups in total. The predicted molar refractivity (Wildman–Crippen MR) is 60.6 cm³/mol. The minimum Gasteiger partial charge on any atom is -0.496 e. The van der Waals surface area contributed by atoms with Gasteiger partial charge in [0.1, 0.15) is 5.75 Å². The van der Waals surface area contributed by atoms with Crippen molar-refractivity contribution >= 4 is 12.0 Å². The Morgan fingerprint density at radius 3 is 2.59 bits per heavy atom. The fraction of sp³-hybridized carbons (Fsp3) is 0.273. The molecule has 0 saturated carbocycles. The van der Waals surface area contributed by atoms with E-state index in [4.69, 9.17) is 4.74 Å². The van der Waals surface area contributed by atoms with Crippen LogP contribution < -0.4 is 15.6 Å². The summed E-state index contributed by atoms with van der Waals surface area (Å²) in [7, 11) is 1.46. The van der Waals surface area contributed by atoms with Crippen LogP contribution in [0, 0.1) is 0 Å². The third kappa shape index (κ3) is 3.67. The van der Waals surface area contributed by atoms with Gasteiger partial charge in [-0.2, -0.15) is 0 Å². The highest BCUT2D eigenvalue weighted by molar-refractivity contribution is 5.97. The fourth-order valence-electron chi connectivity index (χ4n) is 1.17. The lowest BCUT2D eigenvalue weighted by Gasteiger charge is -2.09. The summed E-state index contributed by atoms with van der Waals surface area (Å²) in [6.45, 7) is 1.90. The monoisotopic (exact) mass is 238 g/mol. The Kier molecular flexibility index (Phi) is 4.80. The summed E-state index contributed by atoms with van der Waals surface area (Å²) in [4.78, 5) is 22.6. The standard InChI is InChI=1S/C11H14N2O4/c1-3-17-11(15)13-12-10(14)8-6-4-5-7-9(8)16-2/h4-7H,3H2,1-2H3,(H,12,14)(H,13,15). The highest BCUT2D eigenvalue weighted by Gasteiger charge is 2.11. The number of amides is 2. The molecule has 0 bridgehead atoms. The van der Waals surface area contributed by atoms with Crippen LogP contribution in [0.4, 0.5) is 4.79 Å². The van der Waals surface area contributed by atoms with Crippen molar-refractivity contribution in [1.82, 2.24) is 10.9 Å². The minimum atomic E-state index is -0.712. The molecular weight excluding hydrogens is 224 g/mol. The molecule has 6 nitrogen and oxygen atoms in total. The van der Waals surface area contributed by atoms with Gasteiger partial charge in [0.25, 0.3) is 5.91 Å². The van der Waals surface area contributed by atoms with Crippen LogP contribution in [0.15, 0.2) is 24.3 Å². The van der Waals surface area contributed by atoms with Crippen molar-refractivity contribution in [2.75, 3.05) is 13.7 Å². The Bertz CT molecular complexity index is 406. The quantitative estimate of drug-likeness (QED) is 0.773. The molecule has 1 aromatic carbocycles. The Labute approximate surface area is 98.9 Å². The van der Waals surface area contributed by atoms with Crippen LogP contribution in [-0.2, 0) is 4.74 Å². The number of carbonyl (C=O) groups is 2. The molecule has 1 aromatic rings. The molecule has 0 aromatic heterocycles. The summed E-state index contributed by atoms with van der Waals surface area (Å²) in [6, 6.07) is 6.68. The first-order valence-electron chi connectivity index (χ1n) is 5.05. The summed E-state index contributed by atoms with van der Waals surface area (Å²) in [5.41, 5.74) is 4.66. The largest absolute Gasteiger partial charge is 0.496 e. The molecule has 0 heterocycles. The maximum absolute atomic E-state index is 11.7. The third-order valence-electron chi connectivity index (χ3n) is 1.91. The lowest BCUT2D eigenvalue weighted by molar-refractivity contribution is 0.0909. The van der Waals surface area contributed by atoms with Crippen LogP contribution in [0.5, 0.6) is 5.75 Å². The van der Waals surface area contributed by atoms with E-state index in [1.165, 1.54) is 7.11 Å². The van der Waals surface area contributed by atoms with Gasteiger partial charge in [-0.15, -0.1) is 0 Å². The average molecular weight is 238 g/mol. The topological polar surface area (TPSA) is 76.7 Å². The Hall–Kier alpha value is -2.24. The molecule has 6 heteroatoms. The number of hydrogen-bond donors (Lipinski definition) is 2. The number of benzene rings is 1. The van der Waals surface area contributed by atoms with Gasteiger partial charge in [-0.1, -0.05) is 12.1 Å². The van der Waals surface area contributed by atoms with E-state index >= 15 is 0 Å². The number of carbonyl (C=O) groups excluding carboxylic acids is 2. The first-order chi connectivity index (χ1) is 8.19. The molecule has 0 saturated heterocycles. The van der Waals surface area contributed by atoms with Crippen LogP contribution in [0.3, 0.4) is 0 Å². The maximum atomic E-state index is 11.7. The second-order valence-electron chi connectivity index (χ2n) is 3.00. The van der Waals surface area contributed by atoms with Crippen molar-refractivity contribution in [3.8, 4) is 5.75 Å². The highest BCUT2D eigenvalue weighted by Crippen LogP contribution is 2.16. The normalized spacial score (nSPS) is 9.29. The summed E-state index contributed by atoms with van der Waals surface area (Å²) in [5.74, 6) is -0.0499. The van der Waals surface area contributed by atoms with Crippen LogP contribution in [0.25, 0.3) is 0 Å². The second-order valence-corrected chi connectivity index (χ2v) is 3.00. The summed E-state index contributed by atoms with van der Waals surface area (Å²) in [5, 5.41) is 0. The number of nitrogens with one attached hydrogen (secondary N) is 2. The van der Waals surface area contributed by atoms with E-state index in [9.17, 15) is 9.59 Å². The van der Waals surface area contributed by atoms with E-state index in [0.29, 0.717) is 11.3 Å². The van der Waals surface area contributed by atoms with E-state index in [-0.39, 0.29) is 6.61 Å². The Morgan fingerprint density at radius 1 is 1.24 bits per heavy atom. The maximum Gasteiger partial charge on any atom is 0.426 e. The summed E-state index contributed by atoms with van der Waals surface area (Å²) in [6.07, 6.45) is -0.712. The first kappa shape index (κ1) is 12.8. The number of rotatable bonds is 3. The van der Waals surface area contributed by atoms with E-state index in [0.717, 1.165) is 0 Å². The van der Waals surface area contributed by atoms with Gasteiger partial charge >= 0.3 is 6.09 Å². The highest BCUT2D eigenvalue weighted by atomic mass is 16.6. The molecule has 0 atom stereocenters. The SMILES string of the molecule is CCOC(=O)NNC(=O)c1ccccc1OC. The molecule has 0 spiro atoms. The number of ether oxygens (including phenoxy) is 2. The molecule has 0 fully saturated rings. The molecular formula is C11H14N2O4. The van der Waals surface area contributed by atoms with Gasteiger partial charge in [-0.25, -0.2) is 10.2 Å². The lowest BCUT2D eigenvalue weighted by atomic mass is 10.2. The molecule has 2 amide bonds. The number of methoxy groups -OCH3 is 1. The van der Waals surface area contributed by atoms with Crippen molar-refractivity contribution in [2.45, 2.75) is 6.92 Å². The van der Waals surface area contributed by atoms with Crippen LogP contribution in [0.1, 0.15) is 17.3 Å². The van der Waals surface area contributed by atoms with E-state index < -0.39 is 12.0 Å². The van der Waals surface area contributed by atoms with Crippen molar-refractivity contribution < 1.29 is 19.1 Å². The zero-order valence-corrected chi connectivity index (χ0v) is 9.65. The van der Waals surface area contributed by atoms with Gasteiger partial charge in [-0.3, -0.25) is 10.2 Å². The van der Waals surface area contributed by atoms with Gasteiger partial charge < -0.3 is 9.47 Å². The molecule has 0 aliphatic carbocycles. The minimum absolute atomic E-state index is 0.233. The lowest BCUT2D eigenvalue weighted by Crippen LogP contribution is -2.42. The van der Waals surface area contributed by atoms with Gasteiger partial charge in [0.05, 0.1) is 19.3 Å². The molecule has 0 aliphatic rings. The predicted octanol–water partition coefficient (Wildman–Crippen LogP) is 1.09. The second kappa shape index (κ2) is 6.37. The van der Waals surface area contributed by atoms with Gasteiger partial charge in [0, 0.05) is 0 Å². The van der Waals surface area contributed by atoms with E-state index in [1.54, 1.807) is 31.2 Å². The van der Waals surface area contributed by atoms with Gasteiger partial charge in [-0.05, 0) is 19.1 Å². The molecule has 0 unspecified atom stereocenters. The summed E-state index contributed by atoms with van der Waals surface area (Å²) >= 11 is 0. The van der Waals surface area contributed by atoms with Crippen LogP contribution in [0.2, 0.25) is 0 Å². The molecule has 0 aliphatic heterocycles. The molecule has 17 heavy (non-hydrogen) atoms. The summed E-state index contributed by atoms with van der Waals surface area (Å²) < 4.78 is 9.60.